The fourth-order valence-electron chi connectivity index (χ4n) is 0.959. The first-order valence-corrected chi connectivity index (χ1v) is 3.89. The lowest BCUT2D eigenvalue weighted by atomic mass is 10.1. The summed E-state index contributed by atoms with van der Waals surface area (Å²) in [6.45, 7) is 1.48. The summed E-state index contributed by atoms with van der Waals surface area (Å²) in [5, 5.41) is 7.16. The number of hydrogen-bond donors (Lipinski definition) is 1. The largest absolute Gasteiger partial charge is 0.497 e. The smallest absolute Gasteiger partial charge is 0.206 e. The second kappa shape index (κ2) is 3.85. The van der Waals surface area contributed by atoms with Gasteiger partial charge in [0.05, 0.1) is 12.8 Å². The van der Waals surface area contributed by atoms with E-state index in [9.17, 15) is 4.79 Å². The van der Waals surface area contributed by atoms with Crippen LogP contribution in [0.15, 0.2) is 24.3 Å². The summed E-state index contributed by atoms with van der Waals surface area (Å²) in [5.74, 6) is 0.460. The van der Waals surface area contributed by atoms with Crippen LogP contribution in [0.5, 0.6) is 5.75 Å². The molecular formula is C10H11NO2. The maximum Gasteiger partial charge on any atom is 0.206 e. The third-order valence-corrected chi connectivity index (χ3v) is 1.69. The maximum absolute atomic E-state index is 11.3. The monoisotopic (exact) mass is 177 g/mol. The van der Waals surface area contributed by atoms with E-state index in [1.165, 1.54) is 6.92 Å². The molecule has 0 fully saturated rings. The molecule has 0 radical (unpaired) electrons. The van der Waals surface area contributed by atoms with Crippen molar-refractivity contribution >= 4 is 11.5 Å². The third kappa shape index (κ3) is 2.15. The van der Waals surface area contributed by atoms with E-state index in [1.54, 1.807) is 31.4 Å². The van der Waals surface area contributed by atoms with Gasteiger partial charge >= 0.3 is 0 Å². The standard InChI is InChI=1S/C10H11NO2/c1-7(11)10(12)8-3-5-9(13-2)6-4-8/h3-6,11H,1-2H3. The molecule has 0 amide bonds. The topological polar surface area (TPSA) is 50.2 Å². The van der Waals surface area contributed by atoms with Gasteiger partial charge in [0.2, 0.25) is 5.78 Å². The molecule has 1 aromatic carbocycles. The Hall–Kier alpha value is -1.64. The van der Waals surface area contributed by atoms with E-state index in [2.05, 4.69) is 0 Å². The van der Waals surface area contributed by atoms with Crippen LogP contribution in [0.2, 0.25) is 0 Å². The minimum Gasteiger partial charge on any atom is -0.497 e. The summed E-state index contributed by atoms with van der Waals surface area (Å²) in [5.41, 5.74) is 0.568. The van der Waals surface area contributed by atoms with Crippen molar-refractivity contribution in [3.8, 4) is 5.75 Å². The van der Waals surface area contributed by atoms with E-state index in [0.717, 1.165) is 0 Å². The van der Waals surface area contributed by atoms with Crippen molar-refractivity contribution in [1.29, 1.82) is 5.41 Å². The number of hydrogen-bond acceptors (Lipinski definition) is 3. The van der Waals surface area contributed by atoms with Gasteiger partial charge < -0.3 is 10.1 Å². The Morgan fingerprint density at radius 1 is 1.31 bits per heavy atom. The molecule has 1 N–H and O–H groups in total. The quantitative estimate of drug-likeness (QED) is 0.566. The molecule has 0 bridgehead atoms. The van der Waals surface area contributed by atoms with Crippen LogP contribution in [0, 0.1) is 5.41 Å². The molecule has 0 spiro atoms. The van der Waals surface area contributed by atoms with Gasteiger partial charge in [-0.2, -0.15) is 0 Å². The number of ketones is 1. The molecule has 1 aromatic rings. The molecule has 0 aromatic heterocycles. The van der Waals surface area contributed by atoms with Gasteiger partial charge in [-0.15, -0.1) is 0 Å². The predicted molar refractivity (Wildman–Crippen MR) is 50.7 cm³/mol. The molecule has 3 nitrogen and oxygen atoms in total. The Kier molecular flexibility index (Phi) is 2.80. The molecule has 0 saturated carbocycles. The van der Waals surface area contributed by atoms with Crippen molar-refractivity contribution in [2.45, 2.75) is 6.92 Å². The minimum absolute atomic E-state index is 0.0465. The SMILES string of the molecule is COc1ccc(C(=O)C(C)=N)cc1. The van der Waals surface area contributed by atoms with Gasteiger partial charge in [-0.1, -0.05) is 0 Å². The van der Waals surface area contributed by atoms with Gasteiger partial charge in [0.15, 0.2) is 0 Å². The zero-order valence-electron chi connectivity index (χ0n) is 7.63. The first-order valence-electron chi connectivity index (χ1n) is 3.89. The van der Waals surface area contributed by atoms with Crippen molar-refractivity contribution in [3.05, 3.63) is 29.8 Å². The van der Waals surface area contributed by atoms with E-state index >= 15 is 0 Å². The van der Waals surface area contributed by atoms with Gasteiger partial charge in [-0.3, -0.25) is 4.79 Å². The van der Waals surface area contributed by atoms with Crippen molar-refractivity contribution in [2.24, 2.45) is 0 Å². The Labute approximate surface area is 76.9 Å². The predicted octanol–water partition coefficient (Wildman–Crippen LogP) is 1.92. The molecule has 0 aliphatic heterocycles. The number of nitrogens with one attached hydrogen (secondary N) is 1. The zero-order valence-corrected chi connectivity index (χ0v) is 7.63. The van der Waals surface area contributed by atoms with Crippen molar-refractivity contribution in [1.82, 2.24) is 0 Å². The van der Waals surface area contributed by atoms with Gasteiger partial charge in [0.25, 0.3) is 0 Å². The summed E-state index contributed by atoms with van der Waals surface area (Å²) in [7, 11) is 1.57. The molecule has 0 atom stereocenters. The molecular weight excluding hydrogens is 166 g/mol. The summed E-state index contributed by atoms with van der Waals surface area (Å²) >= 11 is 0. The zero-order chi connectivity index (χ0) is 9.84. The minimum atomic E-state index is -0.248. The van der Waals surface area contributed by atoms with Crippen LogP contribution in [0.25, 0.3) is 0 Å². The number of carbonyl (C=O) groups excluding carboxylic acids is 1. The first-order chi connectivity index (χ1) is 6.15. The van der Waals surface area contributed by atoms with Crippen LogP contribution in [0.4, 0.5) is 0 Å². The first kappa shape index (κ1) is 9.45. The van der Waals surface area contributed by atoms with Gasteiger partial charge in [0, 0.05) is 5.56 Å². The summed E-state index contributed by atoms with van der Waals surface area (Å²) in [6, 6.07) is 6.71. The van der Waals surface area contributed by atoms with Crippen LogP contribution in [-0.4, -0.2) is 18.6 Å². The van der Waals surface area contributed by atoms with Crippen LogP contribution in [-0.2, 0) is 0 Å². The summed E-state index contributed by atoms with van der Waals surface area (Å²) < 4.78 is 4.94. The van der Waals surface area contributed by atoms with E-state index < -0.39 is 0 Å². The van der Waals surface area contributed by atoms with Crippen molar-refractivity contribution in [2.75, 3.05) is 7.11 Å². The fourth-order valence-corrected chi connectivity index (χ4v) is 0.959. The normalized spacial score (nSPS) is 9.38. The van der Waals surface area contributed by atoms with Crippen LogP contribution in [0.3, 0.4) is 0 Å². The Balaban J connectivity index is 2.92. The summed E-state index contributed by atoms with van der Waals surface area (Å²) in [6.07, 6.45) is 0. The lowest BCUT2D eigenvalue weighted by Crippen LogP contribution is -2.08. The Bertz CT molecular complexity index is 327. The Morgan fingerprint density at radius 2 is 1.85 bits per heavy atom. The van der Waals surface area contributed by atoms with E-state index in [4.69, 9.17) is 10.1 Å². The molecule has 0 saturated heterocycles. The fraction of sp³-hybridized carbons (Fsp3) is 0.200. The number of Topliss-reactive ketones (excluding diaryl/α,β-unsaturated/α-hetero) is 1. The van der Waals surface area contributed by atoms with E-state index in [1.807, 2.05) is 0 Å². The second-order valence-corrected chi connectivity index (χ2v) is 2.68. The lowest BCUT2D eigenvalue weighted by Gasteiger charge is -2.00. The average Bonchev–Trinajstić information content (AvgIpc) is 2.17. The van der Waals surface area contributed by atoms with Crippen LogP contribution < -0.4 is 4.74 Å². The van der Waals surface area contributed by atoms with E-state index in [-0.39, 0.29) is 11.5 Å². The molecule has 13 heavy (non-hydrogen) atoms. The average molecular weight is 177 g/mol. The van der Waals surface area contributed by atoms with Gasteiger partial charge in [-0.05, 0) is 31.2 Å². The number of rotatable bonds is 3. The van der Waals surface area contributed by atoms with Gasteiger partial charge in [-0.25, -0.2) is 0 Å². The third-order valence-electron chi connectivity index (χ3n) is 1.69. The lowest BCUT2D eigenvalue weighted by molar-refractivity contribution is 0.106. The van der Waals surface area contributed by atoms with Crippen molar-refractivity contribution in [3.63, 3.8) is 0 Å². The molecule has 0 heterocycles. The van der Waals surface area contributed by atoms with Crippen LogP contribution in [0.1, 0.15) is 17.3 Å². The molecule has 0 aliphatic carbocycles. The number of ether oxygens (including phenoxy) is 1. The molecule has 3 heteroatoms. The molecule has 0 aliphatic rings. The van der Waals surface area contributed by atoms with Gasteiger partial charge in [0.1, 0.15) is 5.75 Å². The Morgan fingerprint density at radius 3 is 2.23 bits per heavy atom. The molecule has 0 unspecified atom stereocenters. The number of benzene rings is 1. The highest BCUT2D eigenvalue weighted by atomic mass is 16.5. The van der Waals surface area contributed by atoms with Crippen molar-refractivity contribution < 1.29 is 9.53 Å². The van der Waals surface area contributed by atoms with Crippen LogP contribution >= 0.6 is 0 Å². The number of carbonyl (C=O) groups is 1. The summed E-state index contributed by atoms with van der Waals surface area (Å²) in [4.78, 5) is 11.3. The highest BCUT2D eigenvalue weighted by Gasteiger charge is 2.06. The van der Waals surface area contributed by atoms with E-state index in [0.29, 0.717) is 11.3 Å². The highest BCUT2D eigenvalue weighted by Crippen LogP contribution is 2.11. The molecule has 1 rings (SSSR count). The second-order valence-electron chi connectivity index (χ2n) is 2.68. The highest BCUT2D eigenvalue weighted by molar-refractivity contribution is 6.44. The number of methoxy groups -OCH3 is 1. The maximum atomic E-state index is 11.3. The molecule has 68 valence electrons.